The van der Waals surface area contributed by atoms with Crippen LogP contribution in [-0.2, 0) is 19.1 Å². The second-order valence-electron chi connectivity index (χ2n) is 4.65. The van der Waals surface area contributed by atoms with Gasteiger partial charge in [0.1, 0.15) is 0 Å². The van der Waals surface area contributed by atoms with E-state index in [4.69, 9.17) is 5.11 Å². The molecule has 0 aromatic rings. The third-order valence-corrected chi connectivity index (χ3v) is 3.04. The second kappa shape index (κ2) is 12.0. The molecule has 1 saturated carbocycles. The van der Waals surface area contributed by atoms with Gasteiger partial charge in [-0.2, -0.15) is 0 Å². The Labute approximate surface area is 115 Å². The average Bonchev–Trinajstić information content (AvgIpc) is 2.44. The van der Waals surface area contributed by atoms with E-state index in [2.05, 4.69) is 9.47 Å². The number of carbonyl (C=O) groups is 2. The predicted octanol–water partition coefficient (Wildman–Crippen LogP) is 2.20. The summed E-state index contributed by atoms with van der Waals surface area (Å²) in [5.74, 6) is -0.472. The van der Waals surface area contributed by atoms with Gasteiger partial charge < -0.3 is 14.6 Å². The number of carbonyl (C=O) groups excluding carboxylic acids is 2. The van der Waals surface area contributed by atoms with E-state index in [9.17, 15) is 9.59 Å². The third kappa shape index (κ3) is 11.7. The van der Waals surface area contributed by atoms with Crippen LogP contribution >= 0.6 is 0 Å². The maximum atomic E-state index is 10.6. The van der Waals surface area contributed by atoms with Crippen LogP contribution in [0.1, 0.15) is 57.8 Å². The molecule has 0 aromatic carbocycles. The minimum atomic E-state index is -0.236. The fraction of sp³-hybridized carbons (Fsp3) is 0.857. The van der Waals surface area contributed by atoms with Gasteiger partial charge in [0.15, 0.2) is 0 Å². The molecule has 1 fully saturated rings. The molecule has 112 valence electrons. The highest BCUT2D eigenvalue weighted by molar-refractivity contribution is 5.70. The number of methoxy groups -OCH3 is 2. The number of unbranched alkanes of at least 4 members (excludes halogenated alkanes) is 1. The van der Waals surface area contributed by atoms with Gasteiger partial charge in [0.05, 0.1) is 20.3 Å². The molecule has 1 N–H and O–H groups in total. The molecule has 1 aliphatic carbocycles. The normalized spacial score (nSPS) is 15.1. The Kier molecular flexibility index (Phi) is 11.3. The third-order valence-electron chi connectivity index (χ3n) is 3.04. The molecule has 5 nitrogen and oxygen atoms in total. The summed E-state index contributed by atoms with van der Waals surface area (Å²) in [6, 6.07) is 0. The number of hydrogen-bond acceptors (Lipinski definition) is 5. The predicted molar refractivity (Wildman–Crippen MR) is 71.6 cm³/mol. The first-order chi connectivity index (χ1) is 9.10. The van der Waals surface area contributed by atoms with E-state index in [1.165, 1.54) is 33.5 Å². The standard InChI is InChI=1S/C8H14O4.C6H12O/c1-11-7(9)5-3-4-6-8(10)12-2;7-6-4-2-1-3-5-6/h3-6H2,1-2H3;6-7H,1-5H2. The molecule has 0 aromatic heterocycles. The van der Waals surface area contributed by atoms with E-state index in [0.717, 1.165) is 12.8 Å². The average molecular weight is 274 g/mol. The van der Waals surface area contributed by atoms with Crippen molar-refractivity contribution in [1.82, 2.24) is 0 Å². The van der Waals surface area contributed by atoms with E-state index in [-0.39, 0.29) is 18.0 Å². The van der Waals surface area contributed by atoms with Crippen LogP contribution < -0.4 is 0 Å². The minimum Gasteiger partial charge on any atom is -0.469 e. The lowest BCUT2D eigenvalue weighted by Crippen LogP contribution is -2.09. The molecule has 0 aliphatic heterocycles. The first-order valence-corrected chi connectivity index (χ1v) is 6.91. The van der Waals surface area contributed by atoms with Crippen LogP contribution in [0.4, 0.5) is 0 Å². The molecule has 0 atom stereocenters. The quantitative estimate of drug-likeness (QED) is 0.614. The van der Waals surface area contributed by atoms with Crippen LogP contribution in [0.25, 0.3) is 0 Å². The molecular weight excluding hydrogens is 248 g/mol. The van der Waals surface area contributed by atoms with Gasteiger partial charge >= 0.3 is 11.9 Å². The number of ether oxygens (including phenoxy) is 2. The summed E-state index contributed by atoms with van der Waals surface area (Å²) in [6.07, 6.45) is 8.00. The van der Waals surface area contributed by atoms with Crippen LogP contribution in [0.15, 0.2) is 0 Å². The summed E-state index contributed by atoms with van der Waals surface area (Å²) in [4.78, 5) is 21.2. The van der Waals surface area contributed by atoms with Gasteiger partial charge in [0.2, 0.25) is 0 Å². The van der Waals surface area contributed by atoms with Gasteiger partial charge in [-0.05, 0) is 25.7 Å². The Balaban J connectivity index is 0.000000388. The van der Waals surface area contributed by atoms with Gasteiger partial charge in [-0.1, -0.05) is 19.3 Å². The Hall–Kier alpha value is -1.10. The molecule has 5 heteroatoms. The number of aliphatic hydroxyl groups excluding tert-OH is 1. The largest absolute Gasteiger partial charge is 0.469 e. The van der Waals surface area contributed by atoms with Gasteiger partial charge in [-0.25, -0.2) is 0 Å². The fourth-order valence-electron chi connectivity index (χ4n) is 1.82. The van der Waals surface area contributed by atoms with Crippen LogP contribution in [0.5, 0.6) is 0 Å². The molecule has 0 spiro atoms. The van der Waals surface area contributed by atoms with Crippen molar-refractivity contribution in [3.05, 3.63) is 0 Å². The zero-order valence-corrected chi connectivity index (χ0v) is 12.0. The van der Waals surface area contributed by atoms with Crippen molar-refractivity contribution >= 4 is 11.9 Å². The lowest BCUT2D eigenvalue weighted by atomic mass is 9.98. The van der Waals surface area contributed by atoms with E-state index >= 15 is 0 Å². The van der Waals surface area contributed by atoms with Gasteiger partial charge in [0.25, 0.3) is 0 Å². The molecule has 0 bridgehead atoms. The molecule has 0 radical (unpaired) electrons. The topological polar surface area (TPSA) is 72.8 Å². The number of aliphatic hydroxyl groups is 1. The molecule has 1 aliphatic rings. The van der Waals surface area contributed by atoms with Crippen LogP contribution in [0, 0.1) is 0 Å². The highest BCUT2D eigenvalue weighted by atomic mass is 16.5. The van der Waals surface area contributed by atoms with E-state index in [1.807, 2.05) is 0 Å². The maximum absolute atomic E-state index is 10.6. The summed E-state index contributed by atoms with van der Waals surface area (Å²) in [5.41, 5.74) is 0. The molecule has 0 amide bonds. The Morgan fingerprint density at radius 3 is 1.63 bits per heavy atom. The minimum absolute atomic E-state index is 0.0359. The zero-order valence-electron chi connectivity index (χ0n) is 12.0. The Morgan fingerprint density at radius 2 is 1.37 bits per heavy atom. The van der Waals surface area contributed by atoms with Crippen molar-refractivity contribution in [2.24, 2.45) is 0 Å². The number of rotatable bonds is 5. The summed E-state index contributed by atoms with van der Waals surface area (Å²) < 4.78 is 8.86. The summed E-state index contributed by atoms with van der Waals surface area (Å²) in [7, 11) is 2.70. The van der Waals surface area contributed by atoms with Crippen molar-refractivity contribution in [3.8, 4) is 0 Å². The zero-order chi connectivity index (χ0) is 14.5. The summed E-state index contributed by atoms with van der Waals surface area (Å²) in [6.45, 7) is 0. The second-order valence-corrected chi connectivity index (χ2v) is 4.65. The SMILES string of the molecule is COC(=O)CCCCC(=O)OC.OC1CCCCC1. The van der Waals surface area contributed by atoms with Crippen LogP contribution in [0.3, 0.4) is 0 Å². The van der Waals surface area contributed by atoms with Crippen molar-refractivity contribution in [1.29, 1.82) is 0 Å². The van der Waals surface area contributed by atoms with E-state index < -0.39 is 0 Å². The van der Waals surface area contributed by atoms with Gasteiger partial charge in [-0.3, -0.25) is 9.59 Å². The molecule has 0 saturated heterocycles. The molecular formula is C14H26O5. The van der Waals surface area contributed by atoms with Gasteiger partial charge in [0, 0.05) is 12.8 Å². The number of esters is 2. The molecule has 0 heterocycles. The van der Waals surface area contributed by atoms with Crippen molar-refractivity contribution in [2.75, 3.05) is 14.2 Å². The van der Waals surface area contributed by atoms with E-state index in [0.29, 0.717) is 25.7 Å². The molecule has 0 unspecified atom stereocenters. The lowest BCUT2D eigenvalue weighted by Gasteiger charge is -2.14. The van der Waals surface area contributed by atoms with E-state index in [1.54, 1.807) is 0 Å². The molecule has 19 heavy (non-hydrogen) atoms. The van der Waals surface area contributed by atoms with Crippen molar-refractivity contribution in [2.45, 2.75) is 63.9 Å². The monoisotopic (exact) mass is 274 g/mol. The van der Waals surface area contributed by atoms with Crippen LogP contribution in [0.2, 0.25) is 0 Å². The highest BCUT2D eigenvalue weighted by Gasteiger charge is 2.07. The summed E-state index contributed by atoms with van der Waals surface area (Å²) >= 11 is 0. The van der Waals surface area contributed by atoms with Crippen molar-refractivity contribution < 1.29 is 24.2 Å². The Bertz CT molecular complexity index is 228. The number of hydrogen-bond donors (Lipinski definition) is 1. The van der Waals surface area contributed by atoms with Gasteiger partial charge in [-0.15, -0.1) is 0 Å². The first kappa shape index (κ1) is 17.9. The first-order valence-electron chi connectivity index (χ1n) is 6.91. The molecule has 1 rings (SSSR count). The Morgan fingerprint density at radius 1 is 0.947 bits per heavy atom. The van der Waals surface area contributed by atoms with Crippen molar-refractivity contribution in [3.63, 3.8) is 0 Å². The summed E-state index contributed by atoms with van der Waals surface area (Å²) in [5, 5.41) is 8.91. The smallest absolute Gasteiger partial charge is 0.305 e. The lowest BCUT2D eigenvalue weighted by molar-refractivity contribution is -0.142. The fourth-order valence-corrected chi connectivity index (χ4v) is 1.82. The maximum Gasteiger partial charge on any atom is 0.305 e. The highest BCUT2D eigenvalue weighted by Crippen LogP contribution is 2.16. The van der Waals surface area contributed by atoms with Crippen LogP contribution in [-0.4, -0.2) is 37.4 Å².